The average Bonchev–Trinajstić information content (AvgIpc) is 2.29. The molecule has 1 saturated heterocycles. The average molecular weight is 235 g/mol. The number of ether oxygens (including phenoxy) is 2. The minimum atomic E-state index is 0.320. The molecule has 94 valence electrons. The van der Waals surface area contributed by atoms with Gasteiger partial charge in [0.2, 0.25) is 0 Å². The maximum Gasteiger partial charge on any atom is 0.123 e. The van der Waals surface area contributed by atoms with E-state index in [-0.39, 0.29) is 0 Å². The van der Waals surface area contributed by atoms with Crippen molar-refractivity contribution >= 4 is 0 Å². The van der Waals surface area contributed by atoms with Gasteiger partial charge in [-0.2, -0.15) is 0 Å². The van der Waals surface area contributed by atoms with Gasteiger partial charge >= 0.3 is 0 Å². The highest BCUT2D eigenvalue weighted by Gasteiger charge is 2.32. The molecule has 0 radical (unpaired) electrons. The van der Waals surface area contributed by atoms with E-state index in [9.17, 15) is 0 Å². The molecule has 0 spiro atoms. The van der Waals surface area contributed by atoms with E-state index in [4.69, 9.17) is 9.47 Å². The van der Waals surface area contributed by atoms with Crippen molar-refractivity contribution < 1.29 is 9.47 Å². The van der Waals surface area contributed by atoms with Crippen molar-refractivity contribution in [3.63, 3.8) is 0 Å². The van der Waals surface area contributed by atoms with Crippen molar-refractivity contribution in [1.29, 1.82) is 0 Å². The third-order valence-electron chi connectivity index (χ3n) is 3.04. The van der Waals surface area contributed by atoms with Gasteiger partial charge in [-0.1, -0.05) is 25.1 Å². The molecule has 1 aliphatic heterocycles. The summed E-state index contributed by atoms with van der Waals surface area (Å²) in [6.07, 6.45) is 0. The third-order valence-corrected chi connectivity index (χ3v) is 3.04. The predicted octanol–water partition coefficient (Wildman–Crippen LogP) is 2.21. The number of hydrogen-bond acceptors (Lipinski definition) is 3. The quantitative estimate of drug-likeness (QED) is 0.820. The zero-order valence-corrected chi connectivity index (χ0v) is 10.7. The smallest absolute Gasteiger partial charge is 0.123 e. The Morgan fingerprint density at radius 1 is 1.35 bits per heavy atom. The molecule has 1 aromatic carbocycles. The van der Waals surface area contributed by atoms with Gasteiger partial charge in [-0.25, -0.2) is 0 Å². The summed E-state index contributed by atoms with van der Waals surface area (Å²) in [5.41, 5.74) is 1.54. The topological polar surface area (TPSA) is 30.5 Å². The van der Waals surface area contributed by atoms with Gasteiger partial charge in [-0.05, 0) is 13.0 Å². The lowest BCUT2D eigenvalue weighted by atomic mass is 9.89. The van der Waals surface area contributed by atoms with E-state index in [2.05, 4.69) is 18.3 Å². The maximum atomic E-state index is 5.60. The molecule has 0 saturated carbocycles. The van der Waals surface area contributed by atoms with Gasteiger partial charge in [0.25, 0.3) is 0 Å². The van der Waals surface area contributed by atoms with Crippen LogP contribution in [-0.4, -0.2) is 26.4 Å². The summed E-state index contributed by atoms with van der Waals surface area (Å²) in [5, 5.41) is 3.48. The number of hydrogen-bond donors (Lipinski definition) is 1. The van der Waals surface area contributed by atoms with Crippen LogP contribution in [0, 0.1) is 5.41 Å². The summed E-state index contributed by atoms with van der Waals surface area (Å²) in [6, 6.07) is 8.19. The highest BCUT2D eigenvalue weighted by atomic mass is 16.5. The molecule has 1 aromatic rings. The van der Waals surface area contributed by atoms with Crippen LogP contribution in [0.25, 0.3) is 0 Å². The monoisotopic (exact) mass is 235 g/mol. The Kier molecular flexibility index (Phi) is 4.02. The Morgan fingerprint density at radius 2 is 2.12 bits per heavy atom. The summed E-state index contributed by atoms with van der Waals surface area (Å²) in [4.78, 5) is 0. The second-order valence-corrected chi connectivity index (χ2v) is 4.95. The first kappa shape index (κ1) is 12.4. The highest BCUT2D eigenvalue weighted by Crippen LogP contribution is 2.25. The second kappa shape index (κ2) is 5.52. The molecule has 1 heterocycles. The Balaban J connectivity index is 1.85. The fourth-order valence-electron chi connectivity index (χ4n) is 2.00. The van der Waals surface area contributed by atoms with E-state index in [0.717, 1.165) is 32.1 Å². The van der Waals surface area contributed by atoms with Crippen LogP contribution in [-0.2, 0) is 11.3 Å². The van der Waals surface area contributed by atoms with Gasteiger partial charge in [0.05, 0.1) is 19.8 Å². The molecule has 1 N–H and O–H groups in total. The van der Waals surface area contributed by atoms with E-state index in [1.165, 1.54) is 5.56 Å². The van der Waals surface area contributed by atoms with Gasteiger partial charge in [-0.15, -0.1) is 0 Å². The van der Waals surface area contributed by atoms with Crippen molar-refractivity contribution in [2.45, 2.75) is 20.4 Å². The summed E-state index contributed by atoms with van der Waals surface area (Å²) in [7, 11) is 0. The standard InChI is InChI=1S/C14H21NO2/c1-3-17-13-7-5-4-6-12(13)8-15-9-14(2)10-16-11-14/h4-7,15H,3,8-11H2,1-2H3. The Bertz CT molecular complexity index is 361. The van der Waals surface area contributed by atoms with Gasteiger partial charge < -0.3 is 14.8 Å². The molecular formula is C14H21NO2. The van der Waals surface area contributed by atoms with Crippen molar-refractivity contribution in [3.8, 4) is 5.75 Å². The molecule has 0 aliphatic carbocycles. The zero-order chi connectivity index (χ0) is 12.1. The first-order chi connectivity index (χ1) is 8.23. The summed E-state index contributed by atoms with van der Waals surface area (Å²) < 4.78 is 10.8. The third kappa shape index (κ3) is 3.20. The van der Waals surface area contributed by atoms with Gasteiger partial charge in [0.15, 0.2) is 0 Å². The van der Waals surface area contributed by atoms with E-state index in [0.29, 0.717) is 12.0 Å². The number of rotatable bonds is 6. The minimum Gasteiger partial charge on any atom is -0.494 e. The highest BCUT2D eigenvalue weighted by molar-refractivity contribution is 5.33. The molecule has 0 amide bonds. The first-order valence-corrected chi connectivity index (χ1v) is 6.23. The summed E-state index contributed by atoms with van der Waals surface area (Å²) >= 11 is 0. The lowest BCUT2D eigenvalue weighted by Gasteiger charge is -2.38. The largest absolute Gasteiger partial charge is 0.494 e. The van der Waals surface area contributed by atoms with Crippen molar-refractivity contribution in [2.75, 3.05) is 26.4 Å². The molecule has 0 unspecified atom stereocenters. The fourth-order valence-corrected chi connectivity index (χ4v) is 2.00. The molecular weight excluding hydrogens is 214 g/mol. The molecule has 0 atom stereocenters. The molecule has 2 rings (SSSR count). The van der Waals surface area contributed by atoms with E-state index in [1.807, 2.05) is 25.1 Å². The van der Waals surface area contributed by atoms with Crippen LogP contribution >= 0.6 is 0 Å². The molecule has 3 heteroatoms. The van der Waals surface area contributed by atoms with E-state index < -0.39 is 0 Å². The fraction of sp³-hybridized carbons (Fsp3) is 0.571. The molecule has 17 heavy (non-hydrogen) atoms. The van der Waals surface area contributed by atoms with Crippen LogP contribution in [0.1, 0.15) is 19.4 Å². The lowest BCUT2D eigenvalue weighted by Crippen LogP contribution is -2.47. The molecule has 3 nitrogen and oxygen atoms in total. The normalized spacial score (nSPS) is 17.5. The SMILES string of the molecule is CCOc1ccccc1CNCC1(C)COC1. The van der Waals surface area contributed by atoms with Crippen LogP contribution < -0.4 is 10.1 Å². The lowest BCUT2D eigenvalue weighted by molar-refractivity contribution is -0.0991. The Morgan fingerprint density at radius 3 is 2.76 bits per heavy atom. The number of nitrogens with one attached hydrogen (secondary N) is 1. The first-order valence-electron chi connectivity index (χ1n) is 6.23. The van der Waals surface area contributed by atoms with Crippen LogP contribution in [0.15, 0.2) is 24.3 Å². The minimum absolute atomic E-state index is 0.320. The van der Waals surface area contributed by atoms with Gasteiger partial charge in [0, 0.05) is 24.1 Å². The number of para-hydroxylation sites is 1. The molecule has 1 fully saturated rings. The van der Waals surface area contributed by atoms with Gasteiger partial charge in [-0.3, -0.25) is 0 Å². The maximum absolute atomic E-state index is 5.60. The summed E-state index contributed by atoms with van der Waals surface area (Å²) in [6.45, 7) is 8.55. The van der Waals surface area contributed by atoms with E-state index >= 15 is 0 Å². The Hall–Kier alpha value is -1.06. The predicted molar refractivity (Wildman–Crippen MR) is 68.2 cm³/mol. The van der Waals surface area contributed by atoms with Crippen molar-refractivity contribution in [2.24, 2.45) is 5.41 Å². The number of benzene rings is 1. The van der Waals surface area contributed by atoms with Crippen LogP contribution in [0.3, 0.4) is 0 Å². The Labute approximate surface area is 103 Å². The van der Waals surface area contributed by atoms with Crippen LogP contribution in [0.2, 0.25) is 0 Å². The van der Waals surface area contributed by atoms with Gasteiger partial charge in [0.1, 0.15) is 5.75 Å². The van der Waals surface area contributed by atoms with Crippen LogP contribution in [0.4, 0.5) is 0 Å². The van der Waals surface area contributed by atoms with Crippen LogP contribution in [0.5, 0.6) is 5.75 Å². The second-order valence-electron chi connectivity index (χ2n) is 4.95. The van der Waals surface area contributed by atoms with Crippen molar-refractivity contribution in [3.05, 3.63) is 29.8 Å². The molecule has 0 bridgehead atoms. The summed E-state index contributed by atoms with van der Waals surface area (Å²) in [5.74, 6) is 0.984. The van der Waals surface area contributed by atoms with E-state index in [1.54, 1.807) is 0 Å². The van der Waals surface area contributed by atoms with Crippen molar-refractivity contribution in [1.82, 2.24) is 5.32 Å². The molecule has 1 aliphatic rings. The zero-order valence-electron chi connectivity index (χ0n) is 10.7. The molecule has 0 aromatic heterocycles.